The van der Waals surface area contributed by atoms with Crippen LogP contribution in [0, 0.1) is 17.5 Å². The zero-order valence-corrected chi connectivity index (χ0v) is 12.4. The van der Waals surface area contributed by atoms with Crippen molar-refractivity contribution in [2.45, 2.75) is 0 Å². The second-order valence-corrected chi connectivity index (χ2v) is 5.07. The van der Waals surface area contributed by atoms with E-state index >= 15 is 0 Å². The van der Waals surface area contributed by atoms with Crippen molar-refractivity contribution in [1.82, 2.24) is 0 Å². The van der Waals surface area contributed by atoms with E-state index in [4.69, 9.17) is 23.2 Å². The number of nitrogens with one attached hydrogen (secondary N) is 2. The zero-order chi connectivity index (χ0) is 16.3. The molecule has 3 nitrogen and oxygen atoms in total. The highest BCUT2D eigenvalue weighted by Gasteiger charge is 2.15. The number of benzene rings is 2. The predicted molar refractivity (Wildman–Crippen MR) is 79.9 cm³/mol. The van der Waals surface area contributed by atoms with Crippen LogP contribution in [0.4, 0.5) is 24.5 Å². The third-order valence-corrected chi connectivity index (χ3v) is 3.42. The number of hydrogen-bond acceptors (Lipinski definition) is 2. The van der Waals surface area contributed by atoms with Gasteiger partial charge < -0.3 is 10.6 Å². The Bertz CT molecular complexity index is 725. The lowest BCUT2D eigenvalue weighted by Crippen LogP contribution is -2.22. The first-order valence-corrected chi connectivity index (χ1v) is 6.76. The highest BCUT2D eigenvalue weighted by Crippen LogP contribution is 2.25. The van der Waals surface area contributed by atoms with E-state index in [9.17, 15) is 18.0 Å². The number of carbonyl (C=O) groups excluding carboxylic acids is 1. The van der Waals surface area contributed by atoms with Crippen molar-refractivity contribution in [3.05, 3.63) is 57.8 Å². The maximum Gasteiger partial charge on any atom is 0.243 e. The molecule has 2 aromatic rings. The van der Waals surface area contributed by atoms with E-state index < -0.39 is 29.0 Å². The summed E-state index contributed by atoms with van der Waals surface area (Å²) >= 11 is 11.6. The van der Waals surface area contributed by atoms with Crippen molar-refractivity contribution in [1.29, 1.82) is 0 Å². The highest BCUT2D eigenvalue weighted by molar-refractivity contribution is 6.42. The maximum absolute atomic E-state index is 13.4. The topological polar surface area (TPSA) is 41.1 Å². The molecule has 2 N–H and O–H groups in total. The van der Waals surface area contributed by atoms with Gasteiger partial charge in [-0.05, 0) is 30.3 Å². The fourth-order valence-electron chi connectivity index (χ4n) is 1.61. The Morgan fingerprint density at radius 1 is 1.00 bits per heavy atom. The lowest BCUT2D eigenvalue weighted by Gasteiger charge is -2.09. The number of hydrogen-bond donors (Lipinski definition) is 2. The van der Waals surface area contributed by atoms with Gasteiger partial charge in [0.2, 0.25) is 5.91 Å². The predicted octanol–water partition coefficient (Wildman–Crippen LogP) is 4.46. The number of anilines is 2. The van der Waals surface area contributed by atoms with Gasteiger partial charge in [0.25, 0.3) is 0 Å². The molecule has 0 saturated heterocycles. The summed E-state index contributed by atoms with van der Waals surface area (Å²) in [5.74, 6) is -5.07. The van der Waals surface area contributed by atoms with Gasteiger partial charge in [0, 0.05) is 5.69 Å². The van der Waals surface area contributed by atoms with Crippen LogP contribution in [0.2, 0.25) is 10.0 Å². The summed E-state index contributed by atoms with van der Waals surface area (Å²) in [5.41, 5.74) is 0.0788. The van der Waals surface area contributed by atoms with Crippen LogP contribution in [-0.2, 0) is 4.79 Å². The van der Waals surface area contributed by atoms with E-state index in [-0.39, 0.29) is 6.54 Å². The van der Waals surface area contributed by atoms with E-state index in [0.29, 0.717) is 15.7 Å². The van der Waals surface area contributed by atoms with Crippen molar-refractivity contribution in [3.8, 4) is 0 Å². The third-order valence-electron chi connectivity index (χ3n) is 2.68. The van der Waals surface area contributed by atoms with Gasteiger partial charge >= 0.3 is 0 Å². The number of rotatable bonds is 4. The Kier molecular flexibility index (Phi) is 5.15. The third kappa shape index (κ3) is 3.84. The molecular formula is C14H9Cl2F3N2O. The molecule has 8 heteroatoms. The minimum absolute atomic E-state index is 0.226. The molecule has 0 aliphatic heterocycles. The molecule has 116 valence electrons. The maximum atomic E-state index is 13.4. The highest BCUT2D eigenvalue weighted by atomic mass is 35.5. The SMILES string of the molecule is O=C(CNc1ccc(Cl)c(Cl)c1)Nc1ccc(F)c(F)c1F. The Balaban J connectivity index is 1.99. The van der Waals surface area contributed by atoms with Gasteiger partial charge in [-0.25, -0.2) is 13.2 Å². The molecule has 0 bridgehead atoms. The molecule has 0 fully saturated rings. The van der Waals surface area contributed by atoms with E-state index in [0.717, 1.165) is 12.1 Å². The largest absolute Gasteiger partial charge is 0.376 e. The van der Waals surface area contributed by atoms with E-state index in [1.807, 2.05) is 0 Å². The molecule has 1 amide bonds. The Hall–Kier alpha value is -1.92. The van der Waals surface area contributed by atoms with Crippen LogP contribution in [0.25, 0.3) is 0 Å². The molecular weight excluding hydrogens is 340 g/mol. The van der Waals surface area contributed by atoms with Crippen molar-refractivity contribution in [3.63, 3.8) is 0 Å². The minimum atomic E-state index is -1.64. The first-order chi connectivity index (χ1) is 10.4. The van der Waals surface area contributed by atoms with E-state index in [1.165, 1.54) is 6.07 Å². The molecule has 0 aromatic heterocycles. The summed E-state index contributed by atoms with van der Waals surface area (Å²) in [7, 11) is 0. The summed E-state index contributed by atoms with van der Waals surface area (Å²) in [6.07, 6.45) is 0. The number of amides is 1. The fourth-order valence-corrected chi connectivity index (χ4v) is 1.90. The summed E-state index contributed by atoms with van der Waals surface area (Å²) in [5, 5.41) is 5.53. The first-order valence-electron chi connectivity index (χ1n) is 6.00. The summed E-state index contributed by atoms with van der Waals surface area (Å²) < 4.78 is 39.2. The molecule has 0 saturated carbocycles. The minimum Gasteiger partial charge on any atom is -0.376 e. The van der Waals surface area contributed by atoms with Crippen molar-refractivity contribution < 1.29 is 18.0 Å². The number of halogens is 5. The van der Waals surface area contributed by atoms with Crippen LogP contribution in [-0.4, -0.2) is 12.5 Å². The van der Waals surface area contributed by atoms with Crippen LogP contribution in [0.15, 0.2) is 30.3 Å². The zero-order valence-electron chi connectivity index (χ0n) is 10.9. The van der Waals surface area contributed by atoms with Gasteiger partial charge in [-0.2, -0.15) is 0 Å². The van der Waals surface area contributed by atoms with Gasteiger partial charge in [0.05, 0.1) is 22.3 Å². The van der Waals surface area contributed by atoms with Crippen molar-refractivity contribution in [2.24, 2.45) is 0 Å². The normalized spacial score (nSPS) is 10.4. The van der Waals surface area contributed by atoms with Crippen LogP contribution in [0.3, 0.4) is 0 Å². The molecule has 2 rings (SSSR count). The molecule has 0 aliphatic rings. The summed E-state index contributed by atoms with van der Waals surface area (Å²) in [6, 6.07) is 6.30. The van der Waals surface area contributed by atoms with Crippen LogP contribution < -0.4 is 10.6 Å². The molecule has 0 heterocycles. The summed E-state index contributed by atoms with van der Waals surface area (Å²) in [6.45, 7) is -0.226. The Labute approximate surface area is 134 Å². The van der Waals surface area contributed by atoms with Crippen molar-refractivity contribution in [2.75, 3.05) is 17.2 Å². The molecule has 0 spiro atoms. The van der Waals surface area contributed by atoms with Crippen LogP contribution in [0.1, 0.15) is 0 Å². The molecule has 0 aliphatic carbocycles. The van der Waals surface area contributed by atoms with Crippen molar-refractivity contribution >= 4 is 40.5 Å². The average molecular weight is 349 g/mol. The van der Waals surface area contributed by atoms with Gasteiger partial charge in [0.15, 0.2) is 17.5 Å². The first kappa shape index (κ1) is 16.5. The Morgan fingerprint density at radius 3 is 2.41 bits per heavy atom. The average Bonchev–Trinajstić information content (AvgIpc) is 2.49. The molecule has 0 radical (unpaired) electrons. The monoisotopic (exact) mass is 348 g/mol. The van der Waals surface area contributed by atoms with Gasteiger partial charge in [-0.1, -0.05) is 23.2 Å². The van der Waals surface area contributed by atoms with Gasteiger partial charge in [-0.15, -0.1) is 0 Å². The van der Waals surface area contributed by atoms with Crippen LogP contribution in [0.5, 0.6) is 0 Å². The van der Waals surface area contributed by atoms with Gasteiger partial charge in [-0.3, -0.25) is 4.79 Å². The quantitative estimate of drug-likeness (QED) is 0.801. The van der Waals surface area contributed by atoms with Gasteiger partial charge in [0.1, 0.15) is 0 Å². The Morgan fingerprint density at radius 2 is 1.73 bits per heavy atom. The second-order valence-electron chi connectivity index (χ2n) is 4.25. The second kappa shape index (κ2) is 6.89. The number of carbonyl (C=O) groups is 1. The lowest BCUT2D eigenvalue weighted by atomic mass is 10.2. The smallest absolute Gasteiger partial charge is 0.243 e. The lowest BCUT2D eigenvalue weighted by molar-refractivity contribution is -0.114. The summed E-state index contributed by atoms with van der Waals surface area (Å²) in [4.78, 5) is 11.7. The van der Waals surface area contributed by atoms with E-state index in [2.05, 4.69) is 10.6 Å². The molecule has 2 aromatic carbocycles. The molecule has 22 heavy (non-hydrogen) atoms. The molecule has 0 unspecified atom stereocenters. The standard InChI is InChI=1S/C14H9Cl2F3N2O/c15-8-2-1-7(5-9(8)16)20-6-12(22)21-11-4-3-10(17)13(18)14(11)19/h1-5,20H,6H2,(H,21,22). The fraction of sp³-hybridized carbons (Fsp3) is 0.0714. The van der Waals surface area contributed by atoms with Crippen LogP contribution >= 0.6 is 23.2 Å². The van der Waals surface area contributed by atoms with E-state index in [1.54, 1.807) is 12.1 Å². The molecule has 0 atom stereocenters.